The molecule has 0 fully saturated rings. The van der Waals surface area contributed by atoms with Gasteiger partial charge in [-0.3, -0.25) is 4.79 Å². The summed E-state index contributed by atoms with van der Waals surface area (Å²) >= 11 is 0. The Morgan fingerprint density at radius 2 is 1.81 bits per heavy atom. The zero-order valence-electron chi connectivity index (χ0n) is 16.4. The first kappa shape index (κ1) is 21.8. The summed E-state index contributed by atoms with van der Waals surface area (Å²) in [5, 5.41) is 7.62. The predicted octanol–water partition coefficient (Wildman–Crippen LogP) is 3.91. The molecule has 0 spiro atoms. The third-order valence-corrected chi connectivity index (χ3v) is 4.21. The van der Waals surface area contributed by atoms with Crippen LogP contribution in [0.15, 0.2) is 71.3 Å². The number of carbonyl (C=O) groups excluding carboxylic acids is 2. The Morgan fingerprint density at radius 1 is 1.00 bits per heavy atom. The first-order chi connectivity index (χ1) is 15.0. The minimum absolute atomic E-state index is 0.0345. The van der Waals surface area contributed by atoms with E-state index in [4.69, 9.17) is 4.42 Å². The average Bonchev–Trinajstić information content (AvgIpc) is 3.27. The number of nitrogens with one attached hydrogen (secondary N) is 3. The van der Waals surface area contributed by atoms with Gasteiger partial charge in [0.2, 0.25) is 5.91 Å². The molecule has 2 aromatic carbocycles. The number of ether oxygens (including phenoxy) is 1. The van der Waals surface area contributed by atoms with Crippen molar-refractivity contribution in [2.75, 3.05) is 11.9 Å². The van der Waals surface area contributed by atoms with Gasteiger partial charge in [-0.1, -0.05) is 30.3 Å². The van der Waals surface area contributed by atoms with Crippen LogP contribution in [0.3, 0.4) is 0 Å². The average molecular weight is 429 g/mol. The van der Waals surface area contributed by atoms with Gasteiger partial charge < -0.3 is 25.1 Å². The molecule has 0 radical (unpaired) electrons. The fourth-order valence-corrected chi connectivity index (χ4v) is 2.83. The molecule has 3 rings (SSSR count). The number of anilines is 1. The van der Waals surface area contributed by atoms with Gasteiger partial charge in [-0.25, -0.2) is 4.79 Å². The Hall–Kier alpha value is -3.88. The molecule has 7 nitrogen and oxygen atoms in total. The highest BCUT2D eigenvalue weighted by molar-refractivity contribution is 5.94. The number of amides is 3. The maximum Gasteiger partial charge on any atom is 0.387 e. The van der Waals surface area contributed by atoms with Crippen molar-refractivity contribution in [3.05, 3.63) is 83.8 Å². The van der Waals surface area contributed by atoms with Crippen molar-refractivity contribution < 1.29 is 27.5 Å². The second-order valence-corrected chi connectivity index (χ2v) is 6.53. The number of alkyl halides is 2. The number of carbonyl (C=O) groups is 2. The second-order valence-electron chi connectivity index (χ2n) is 6.53. The number of urea groups is 1. The van der Waals surface area contributed by atoms with E-state index >= 15 is 0 Å². The van der Waals surface area contributed by atoms with E-state index in [2.05, 4.69) is 20.7 Å². The van der Waals surface area contributed by atoms with E-state index in [0.29, 0.717) is 23.4 Å². The first-order valence-electron chi connectivity index (χ1n) is 9.45. The Bertz CT molecular complexity index is 995. The van der Waals surface area contributed by atoms with Gasteiger partial charge in [0, 0.05) is 17.7 Å². The van der Waals surface area contributed by atoms with Crippen LogP contribution in [0.4, 0.5) is 19.3 Å². The van der Waals surface area contributed by atoms with Crippen molar-refractivity contribution >= 4 is 17.6 Å². The molecule has 3 amide bonds. The molecule has 1 heterocycles. The summed E-state index contributed by atoms with van der Waals surface area (Å²) in [6.07, 6.45) is 1.84. The number of halogens is 2. The Kier molecular flexibility index (Phi) is 7.58. The van der Waals surface area contributed by atoms with E-state index in [1.54, 1.807) is 18.2 Å². The van der Waals surface area contributed by atoms with E-state index in [1.807, 2.05) is 30.3 Å². The minimum Gasteiger partial charge on any atom is -0.467 e. The lowest BCUT2D eigenvalue weighted by Crippen LogP contribution is -2.39. The van der Waals surface area contributed by atoms with Crippen LogP contribution in [0.1, 0.15) is 16.9 Å². The van der Waals surface area contributed by atoms with Crippen molar-refractivity contribution in [2.45, 2.75) is 19.6 Å². The van der Waals surface area contributed by atoms with Gasteiger partial charge in [0.1, 0.15) is 11.5 Å². The molecule has 0 aliphatic carbocycles. The molecule has 1 aromatic heterocycles. The molecule has 0 aliphatic rings. The van der Waals surface area contributed by atoms with Gasteiger partial charge >= 0.3 is 12.6 Å². The number of hydrogen-bond acceptors (Lipinski definition) is 4. The monoisotopic (exact) mass is 429 g/mol. The zero-order chi connectivity index (χ0) is 22.1. The fourth-order valence-electron chi connectivity index (χ4n) is 2.83. The minimum atomic E-state index is -2.96. The normalized spacial score (nSPS) is 10.5. The maximum atomic E-state index is 12.7. The predicted molar refractivity (Wildman–Crippen MR) is 110 cm³/mol. The summed E-state index contributed by atoms with van der Waals surface area (Å²) in [5.41, 5.74) is 1.80. The van der Waals surface area contributed by atoms with E-state index in [9.17, 15) is 18.4 Å². The van der Waals surface area contributed by atoms with Crippen LogP contribution < -0.4 is 20.7 Å². The summed E-state index contributed by atoms with van der Waals surface area (Å²) in [7, 11) is 0. The smallest absolute Gasteiger partial charge is 0.387 e. The summed E-state index contributed by atoms with van der Waals surface area (Å²) in [4.78, 5) is 23.9. The number of hydrogen-bond donors (Lipinski definition) is 3. The molecule has 0 aliphatic heterocycles. The van der Waals surface area contributed by atoms with Crippen LogP contribution in [0, 0.1) is 0 Å². The van der Waals surface area contributed by atoms with Crippen molar-refractivity contribution in [1.82, 2.24) is 10.6 Å². The largest absolute Gasteiger partial charge is 0.467 e. The summed E-state index contributed by atoms with van der Waals surface area (Å²) in [6, 6.07) is 16.6. The highest BCUT2D eigenvalue weighted by Crippen LogP contribution is 2.27. The molecule has 162 valence electrons. The third kappa shape index (κ3) is 7.14. The lowest BCUT2D eigenvalue weighted by molar-refractivity contribution is -0.115. The molecule has 0 saturated heterocycles. The SMILES string of the molecule is O=C(CNC(=O)NCc1ccco1)Nc1ccc(OC(F)F)c(Cc2ccccc2)c1. The maximum absolute atomic E-state index is 12.7. The molecule has 3 N–H and O–H groups in total. The molecule has 9 heteroatoms. The lowest BCUT2D eigenvalue weighted by atomic mass is 10.0. The van der Waals surface area contributed by atoms with E-state index in [-0.39, 0.29) is 18.8 Å². The Balaban J connectivity index is 1.57. The number of rotatable bonds is 9. The molecular weight excluding hydrogens is 408 g/mol. The van der Waals surface area contributed by atoms with Gasteiger partial charge in [0.25, 0.3) is 0 Å². The molecule has 0 bridgehead atoms. The van der Waals surface area contributed by atoms with E-state index in [1.165, 1.54) is 18.4 Å². The van der Waals surface area contributed by atoms with Gasteiger partial charge in [0.05, 0.1) is 19.4 Å². The fraction of sp³-hybridized carbons (Fsp3) is 0.182. The van der Waals surface area contributed by atoms with Crippen molar-refractivity contribution in [3.63, 3.8) is 0 Å². The zero-order valence-corrected chi connectivity index (χ0v) is 16.4. The van der Waals surface area contributed by atoms with Gasteiger partial charge in [-0.2, -0.15) is 8.78 Å². The van der Waals surface area contributed by atoms with E-state index in [0.717, 1.165) is 5.56 Å². The van der Waals surface area contributed by atoms with E-state index < -0.39 is 18.5 Å². The van der Waals surface area contributed by atoms with Crippen LogP contribution in [0.5, 0.6) is 5.75 Å². The standard InChI is InChI=1S/C22H21F2N3O4/c23-21(24)31-19-9-8-17(12-16(19)11-15-5-2-1-3-6-15)27-20(28)14-26-22(29)25-13-18-7-4-10-30-18/h1-10,12,21H,11,13-14H2,(H,27,28)(H2,25,26,29). The molecule has 0 saturated carbocycles. The van der Waals surface area contributed by atoms with Crippen LogP contribution in [-0.4, -0.2) is 25.1 Å². The summed E-state index contributed by atoms with van der Waals surface area (Å²) in [6.45, 7) is -3.04. The van der Waals surface area contributed by atoms with Gasteiger partial charge in [0.15, 0.2) is 0 Å². The van der Waals surface area contributed by atoms with Crippen molar-refractivity contribution in [2.24, 2.45) is 0 Å². The summed E-state index contributed by atoms with van der Waals surface area (Å²) < 4.78 is 35.2. The van der Waals surface area contributed by atoms with Crippen LogP contribution in [0.25, 0.3) is 0 Å². The van der Waals surface area contributed by atoms with Crippen LogP contribution in [0.2, 0.25) is 0 Å². The molecular formula is C22H21F2N3O4. The van der Waals surface area contributed by atoms with Crippen molar-refractivity contribution in [3.8, 4) is 5.75 Å². The highest BCUT2D eigenvalue weighted by Gasteiger charge is 2.13. The quantitative estimate of drug-likeness (QED) is 0.481. The topological polar surface area (TPSA) is 92.6 Å². The molecule has 0 atom stereocenters. The number of benzene rings is 2. The number of furan rings is 1. The third-order valence-electron chi connectivity index (χ3n) is 4.21. The van der Waals surface area contributed by atoms with Crippen LogP contribution in [-0.2, 0) is 17.8 Å². The van der Waals surface area contributed by atoms with Crippen LogP contribution >= 0.6 is 0 Å². The highest BCUT2D eigenvalue weighted by atomic mass is 19.3. The Morgan fingerprint density at radius 3 is 2.52 bits per heavy atom. The molecule has 0 unspecified atom stereocenters. The molecule has 3 aromatic rings. The lowest BCUT2D eigenvalue weighted by Gasteiger charge is -2.14. The van der Waals surface area contributed by atoms with Crippen molar-refractivity contribution in [1.29, 1.82) is 0 Å². The second kappa shape index (κ2) is 10.8. The summed E-state index contributed by atoms with van der Waals surface area (Å²) in [5.74, 6) is 0.144. The molecule has 31 heavy (non-hydrogen) atoms. The van der Waals surface area contributed by atoms with Gasteiger partial charge in [-0.05, 0) is 35.9 Å². The first-order valence-corrected chi connectivity index (χ1v) is 9.45. The van der Waals surface area contributed by atoms with Gasteiger partial charge in [-0.15, -0.1) is 0 Å². The Labute approximate surface area is 177 Å².